The number of imidazole rings is 1. The molecule has 2 nitrogen and oxygen atoms in total. The van der Waals surface area contributed by atoms with Gasteiger partial charge in [0.15, 0.2) is 0 Å². The van der Waals surface area contributed by atoms with Gasteiger partial charge in [-0.05, 0) is 0 Å². The van der Waals surface area contributed by atoms with Gasteiger partial charge in [0.25, 0.3) is 5.82 Å². The summed E-state index contributed by atoms with van der Waals surface area (Å²) in [5, 5.41) is 0. The van der Waals surface area contributed by atoms with Crippen molar-refractivity contribution >= 4 is 0 Å². The third-order valence-corrected chi connectivity index (χ3v) is 1.94. The smallest absolute Gasteiger partial charge is 0.237 e. The van der Waals surface area contributed by atoms with Crippen LogP contribution in [0.2, 0.25) is 0 Å². The van der Waals surface area contributed by atoms with Crippen molar-refractivity contribution in [3.63, 3.8) is 0 Å². The maximum atomic E-state index is 12.8. The largest absolute Gasteiger partial charge is 0.500 e. The standard InChI is InChI=1S/C7H8F5N2/c1-5-13(2)3-4-14(5)7(11,12)6(8,9)10/h3-4H,1-2H3/q+1. The quantitative estimate of drug-likeness (QED) is 0.498. The number of aryl methyl sites for hydroxylation is 1. The lowest BCUT2D eigenvalue weighted by Crippen LogP contribution is -2.42. The monoisotopic (exact) mass is 215 g/mol. The molecule has 0 saturated heterocycles. The van der Waals surface area contributed by atoms with E-state index in [1.807, 2.05) is 0 Å². The molecule has 0 aliphatic heterocycles. The molecule has 0 aromatic carbocycles. The number of halogens is 5. The average molecular weight is 215 g/mol. The topological polar surface area (TPSA) is 8.81 Å². The van der Waals surface area contributed by atoms with Gasteiger partial charge in [0.1, 0.15) is 12.4 Å². The van der Waals surface area contributed by atoms with E-state index in [2.05, 4.69) is 0 Å². The zero-order valence-corrected chi connectivity index (χ0v) is 7.44. The Morgan fingerprint density at radius 1 is 1.21 bits per heavy atom. The first-order valence-electron chi connectivity index (χ1n) is 3.66. The summed E-state index contributed by atoms with van der Waals surface area (Å²) in [6, 6.07) is -4.86. The Morgan fingerprint density at radius 3 is 2.00 bits per heavy atom. The van der Waals surface area contributed by atoms with Crippen LogP contribution in [0, 0.1) is 6.92 Å². The molecule has 0 fully saturated rings. The van der Waals surface area contributed by atoms with Crippen LogP contribution in [0.15, 0.2) is 12.4 Å². The molecular weight excluding hydrogens is 207 g/mol. The first-order chi connectivity index (χ1) is 6.18. The third kappa shape index (κ3) is 1.46. The molecular formula is C7H8F5N2+. The second-order valence-corrected chi connectivity index (χ2v) is 2.87. The number of aromatic nitrogens is 2. The van der Waals surface area contributed by atoms with Crippen LogP contribution >= 0.6 is 0 Å². The summed E-state index contributed by atoms with van der Waals surface area (Å²) in [6.45, 7) is 1.18. The molecule has 0 aliphatic carbocycles. The van der Waals surface area contributed by atoms with Crippen LogP contribution in [0.1, 0.15) is 5.82 Å². The van der Waals surface area contributed by atoms with Crippen molar-refractivity contribution in [2.45, 2.75) is 19.1 Å². The molecule has 14 heavy (non-hydrogen) atoms. The Bertz CT molecular complexity index is 338. The van der Waals surface area contributed by atoms with Crippen LogP contribution in [0.3, 0.4) is 0 Å². The van der Waals surface area contributed by atoms with Crippen molar-refractivity contribution in [2.75, 3.05) is 0 Å². The molecule has 0 aliphatic rings. The van der Waals surface area contributed by atoms with Gasteiger partial charge < -0.3 is 0 Å². The molecule has 1 aromatic rings. The summed E-state index contributed by atoms with van der Waals surface area (Å²) in [4.78, 5) is 0. The minimum atomic E-state index is -5.58. The predicted molar refractivity (Wildman–Crippen MR) is 36.6 cm³/mol. The maximum absolute atomic E-state index is 12.8. The van der Waals surface area contributed by atoms with Crippen LogP contribution in [0.4, 0.5) is 22.0 Å². The molecule has 0 amide bonds. The van der Waals surface area contributed by atoms with Gasteiger partial charge in [0.2, 0.25) is 0 Å². The predicted octanol–water partition coefficient (Wildman–Crippen LogP) is 1.73. The molecule has 80 valence electrons. The fourth-order valence-corrected chi connectivity index (χ4v) is 0.986. The van der Waals surface area contributed by atoms with Gasteiger partial charge in [-0.2, -0.15) is 26.5 Å². The second-order valence-electron chi connectivity index (χ2n) is 2.87. The summed E-state index contributed by atoms with van der Waals surface area (Å²) >= 11 is 0. The maximum Gasteiger partial charge on any atom is 0.500 e. The fraction of sp³-hybridized carbons (Fsp3) is 0.571. The SMILES string of the molecule is Cc1n(C(F)(F)C(F)(F)F)cc[n+]1C. The van der Waals surface area contributed by atoms with Crippen LogP contribution in [-0.4, -0.2) is 10.7 Å². The van der Waals surface area contributed by atoms with Crippen molar-refractivity contribution < 1.29 is 26.5 Å². The summed E-state index contributed by atoms with van der Waals surface area (Å²) in [6.07, 6.45) is -3.75. The lowest BCUT2D eigenvalue weighted by molar-refractivity contribution is -0.678. The minimum absolute atomic E-state index is 0.104. The zero-order chi connectivity index (χ0) is 11.1. The van der Waals surface area contributed by atoms with Crippen LogP contribution in [0.5, 0.6) is 0 Å². The van der Waals surface area contributed by atoms with Gasteiger partial charge in [-0.25, -0.2) is 4.57 Å². The zero-order valence-electron chi connectivity index (χ0n) is 7.44. The summed E-state index contributed by atoms with van der Waals surface area (Å²) in [5.41, 5.74) is 0. The van der Waals surface area contributed by atoms with E-state index in [0.29, 0.717) is 6.20 Å². The molecule has 0 radical (unpaired) electrons. The molecule has 1 rings (SSSR count). The highest BCUT2D eigenvalue weighted by Gasteiger charge is 2.64. The average Bonchev–Trinajstić information content (AvgIpc) is 2.30. The van der Waals surface area contributed by atoms with E-state index in [9.17, 15) is 22.0 Å². The van der Waals surface area contributed by atoms with Crippen LogP contribution in [-0.2, 0) is 13.1 Å². The molecule has 0 atom stereocenters. The number of rotatable bonds is 1. The highest BCUT2D eigenvalue weighted by atomic mass is 19.4. The highest BCUT2D eigenvalue weighted by molar-refractivity contribution is 4.87. The lowest BCUT2D eigenvalue weighted by atomic mass is 10.5. The summed E-state index contributed by atoms with van der Waals surface area (Å²) < 4.78 is 62.4. The highest BCUT2D eigenvalue weighted by Crippen LogP contribution is 2.39. The van der Waals surface area contributed by atoms with Crippen molar-refractivity contribution in [3.05, 3.63) is 18.2 Å². The third-order valence-electron chi connectivity index (χ3n) is 1.94. The molecule has 0 bridgehead atoms. The van der Waals surface area contributed by atoms with E-state index in [0.717, 1.165) is 6.20 Å². The Kier molecular flexibility index (Phi) is 2.29. The number of hydrogen-bond donors (Lipinski definition) is 0. The number of nitrogens with zero attached hydrogens (tertiary/aromatic N) is 2. The molecule has 0 saturated carbocycles. The first-order valence-corrected chi connectivity index (χ1v) is 3.66. The van der Waals surface area contributed by atoms with Crippen molar-refractivity contribution in [3.8, 4) is 0 Å². The van der Waals surface area contributed by atoms with Crippen molar-refractivity contribution in [1.82, 2.24) is 4.57 Å². The Hall–Kier alpha value is -1.14. The summed E-state index contributed by atoms with van der Waals surface area (Å²) in [5.74, 6) is -0.174. The van der Waals surface area contributed by atoms with E-state index in [1.165, 1.54) is 18.5 Å². The molecule has 7 heteroatoms. The van der Waals surface area contributed by atoms with Gasteiger partial charge >= 0.3 is 12.2 Å². The normalized spacial score (nSPS) is 13.4. The summed E-state index contributed by atoms with van der Waals surface area (Å²) in [7, 11) is 1.39. The van der Waals surface area contributed by atoms with Crippen LogP contribution in [0.25, 0.3) is 0 Å². The lowest BCUT2D eigenvalue weighted by Gasteiger charge is -2.16. The molecule has 0 spiro atoms. The van der Waals surface area contributed by atoms with Crippen molar-refractivity contribution in [2.24, 2.45) is 7.05 Å². The number of alkyl halides is 5. The van der Waals surface area contributed by atoms with Crippen LogP contribution < -0.4 is 4.57 Å². The Balaban J connectivity index is 3.23. The first kappa shape index (κ1) is 10.9. The van der Waals surface area contributed by atoms with Gasteiger partial charge in [-0.15, -0.1) is 0 Å². The van der Waals surface area contributed by atoms with E-state index in [4.69, 9.17) is 0 Å². The van der Waals surface area contributed by atoms with E-state index in [-0.39, 0.29) is 10.4 Å². The second kappa shape index (κ2) is 2.93. The minimum Gasteiger partial charge on any atom is -0.237 e. The van der Waals surface area contributed by atoms with Gasteiger partial charge in [0, 0.05) is 6.92 Å². The molecule has 1 aromatic heterocycles. The van der Waals surface area contributed by atoms with Crippen molar-refractivity contribution in [1.29, 1.82) is 0 Å². The van der Waals surface area contributed by atoms with E-state index < -0.39 is 12.2 Å². The van der Waals surface area contributed by atoms with Gasteiger partial charge in [0.05, 0.1) is 7.05 Å². The van der Waals surface area contributed by atoms with E-state index >= 15 is 0 Å². The Morgan fingerprint density at radius 2 is 1.71 bits per heavy atom. The number of hydrogen-bond acceptors (Lipinski definition) is 0. The molecule has 0 unspecified atom stereocenters. The molecule has 1 heterocycles. The van der Waals surface area contributed by atoms with Gasteiger partial charge in [-0.3, -0.25) is 0 Å². The Labute approximate surface area is 76.6 Å². The fourth-order valence-electron chi connectivity index (χ4n) is 0.986. The molecule has 0 N–H and O–H groups in total. The van der Waals surface area contributed by atoms with Gasteiger partial charge in [-0.1, -0.05) is 0 Å². The van der Waals surface area contributed by atoms with E-state index in [1.54, 1.807) is 0 Å².